The molecule has 1 atom stereocenters. The molecule has 1 heterocycles. The van der Waals surface area contributed by atoms with Gasteiger partial charge in [-0.2, -0.15) is 5.10 Å². The molecule has 0 fully saturated rings. The average Bonchev–Trinajstić information content (AvgIpc) is 2.55. The Morgan fingerprint density at radius 1 is 1.53 bits per heavy atom. The van der Waals surface area contributed by atoms with Gasteiger partial charge in [-0.1, -0.05) is 36.7 Å². The lowest BCUT2D eigenvalue weighted by Crippen LogP contribution is -2.14. The first-order valence-corrected chi connectivity index (χ1v) is 6.63. The number of hydrogen-bond donors (Lipinski definition) is 0. The van der Waals surface area contributed by atoms with Crippen LogP contribution < -0.4 is 0 Å². The summed E-state index contributed by atoms with van der Waals surface area (Å²) >= 11 is 3.56. The van der Waals surface area contributed by atoms with Gasteiger partial charge in [0.2, 0.25) is 0 Å². The molecule has 0 aromatic carbocycles. The lowest BCUT2D eigenvalue weighted by atomic mass is 10.0. The molecule has 0 bridgehead atoms. The Morgan fingerprint density at radius 3 is 2.53 bits per heavy atom. The molecule has 0 aliphatic rings. The lowest BCUT2D eigenvalue weighted by Gasteiger charge is -2.12. The summed E-state index contributed by atoms with van der Waals surface area (Å²) in [6.07, 6.45) is 1.20. The standard InChI is InChI=1S/C11H18BrN3O2/c1-5-9-11(15(16)17)10(14(4)13-9)6-8(12)7(2)3/h7-8H,5-6H2,1-4H3. The van der Waals surface area contributed by atoms with Crippen LogP contribution >= 0.6 is 15.9 Å². The van der Waals surface area contributed by atoms with Gasteiger partial charge in [0.05, 0.1) is 4.92 Å². The molecule has 1 unspecified atom stereocenters. The molecule has 0 aliphatic carbocycles. The fourth-order valence-electron chi connectivity index (χ4n) is 1.71. The maximum atomic E-state index is 11.1. The molecule has 0 saturated carbocycles. The molecule has 1 aromatic rings. The van der Waals surface area contributed by atoms with Crippen molar-refractivity contribution in [2.45, 2.75) is 38.4 Å². The van der Waals surface area contributed by atoms with Crippen molar-refractivity contribution in [1.82, 2.24) is 9.78 Å². The Morgan fingerprint density at radius 2 is 2.12 bits per heavy atom. The van der Waals surface area contributed by atoms with Crippen molar-refractivity contribution in [3.05, 3.63) is 21.5 Å². The van der Waals surface area contributed by atoms with Gasteiger partial charge in [-0.05, 0) is 12.3 Å². The van der Waals surface area contributed by atoms with Gasteiger partial charge in [0, 0.05) is 18.3 Å². The number of nitrogens with zero attached hydrogens (tertiary/aromatic N) is 3. The van der Waals surface area contributed by atoms with Crippen molar-refractivity contribution in [2.75, 3.05) is 0 Å². The molecule has 17 heavy (non-hydrogen) atoms. The third-order valence-electron chi connectivity index (χ3n) is 2.84. The normalized spacial score (nSPS) is 13.1. The third-order valence-corrected chi connectivity index (χ3v) is 4.22. The van der Waals surface area contributed by atoms with Gasteiger partial charge in [-0.15, -0.1) is 0 Å². The Hall–Kier alpha value is -0.910. The molecule has 6 heteroatoms. The lowest BCUT2D eigenvalue weighted by molar-refractivity contribution is -0.386. The van der Waals surface area contributed by atoms with Crippen LogP contribution in [-0.2, 0) is 19.9 Å². The topological polar surface area (TPSA) is 61.0 Å². The molecule has 1 aromatic heterocycles. The quantitative estimate of drug-likeness (QED) is 0.477. The van der Waals surface area contributed by atoms with E-state index in [4.69, 9.17) is 0 Å². The zero-order valence-electron chi connectivity index (χ0n) is 10.6. The number of hydrogen-bond acceptors (Lipinski definition) is 3. The molecular weight excluding hydrogens is 286 g/mol. The van der Waals surface area contributed by atoms with E-state index < -0.39 is 0 Å². The zero-order chi connectivity index (χ0) is 13.2. The molecule has 0 saturated heterocycles. The first-order chi connectivity index (χ1) is 7.88. The van der Waals surface area contributed by atoms with E-state index in [2.05, 4.69) is 34.9 Å². The maximum Gasteiger partial charge on any atom is 0.313 e. The molecule has 96 valence electrons. The van der Waals surface area contributed by atoms with Crippen molar-refractivity contribution >= 4 is 21.6 Å². The van der Waals surface area contributed by atoms with E-state index in [1.165, 1.54) is 0 Å². The van der Waals surface area contributed by atoms with E-state index >= 15 is 0 Å². The van der Waals surface area contributed by atoms with Crippen LogP contribution in [0.15, 0.2) is 0 Å². The summed E-state index contributed by atoms with van der Waals surface area (Å²) in [7, 11) is 1.77. The van der Waals surface area contributed by atoms with Crippen LogP contribution in [0.25, 0.3) is 0 Å². The van der Waals surface area contributed by atoms with E-state index in [1.807, 2.05) is 6.92 Å². The molecule has 0 aliphatic heterocycles. The number of alkyl halides is 1. The summed E-state index contributed by atoms with van der Waals surface area (Å²) in [6, 6.07) is 0. The third kappa shape index (κ3) is 3.06. The van der Waals surface area contributed by atoms with Crippen LogP contribution in [0.1, 0.15) is 32.2 Å². The monoisotopic (exact) mass is 303 g/mol. The van der Waals surface area contributed by atoms with Gasteiger partial charge in [-0.25, -0.2) is 0 Å². The number of nitro groups is 1. The number of aryl methyl sites for hydroxylation is 2. The minimum Gasteiger partial charge on any atom is -0.265 e. The van der Waals surface area contributed by atoms with Gasteiger partial charge in [0.1, 0.15) is 11.4 Å². The SMILES string of the molecule is CCc1nn(C)c(CC(Br)C(C)C)c1[N+](=O)[O-]. The van der Waals surface area contributed by atoms with Crippen LogP contribution in [0.5, 0.6) is 0 Å². The summed E-state index contributed by atoms with van der Waals surface area (Å²) in [6.45, 7) is 6.05. The summed E-state index contributed by atoms with van der Waals surface area (Å²) in [5.74, 6) is 0.426. The van der Waals surface area contributed by atoms with E-state index in [0.717, 1.165) is 0 Å². The second-order valence-electron chi connectivity index (χ2n) is 4.44. The summed E-state index contributed by atoms with van der Waals surface area (Å²) in [5.41, 5.74) is 1.44. The molecule has 0 radical (unpaired) electrons. The van der Waals surface area contributed by atoms with Crippen molar-refractivity contribution in [1.29, 1.82) is 0 Å². The van der Waals surface area contributed by atoms with Crippen molar-refractivity contribution in [3.8, 4) is 0 Å². The van der Waals surface area contributed by atoms with Gasteiger partial charge in [0.15, 0.2) is 0 Å². The van der Waals surface area contributed by atoms with Crippen LogP contribution in [0, 0.1) is 16.0 Å². The van der Waals surface area contributed by atoms with Crippen molar-refractivity contribution in [2.24, 2.45) is 13.0 Å². The Kier molecular flexibility index (Phi) is 4.68. The molecule has 1 rings (SSSR count). The van der Waals surface area contributed by atoms with Gasteiger partial charge in [-0.3, -0.25) is 14.8 Å². The fourth-order valence-corrected chi connectivity index (χ4v) is 2.01. The van der Waals surface area contributed by atoms with Crippen molar-refractivity contribution in [3.63, 3.8) is 0 Å². The number of halogens is 1. The fraction of sp³-hybridized carbons (Fsp3) is 0.727. The van der Waals surface area contributed by atoms with Crippen LogP contribution in [0.3, 0.4) is 0 Å². The van der Waals surface area contributed by atoms with E-state index in [9.17, 15) is 10.1 Å². The average molecular weight is 304 g/mol. The molecule has 0 spiro atoms. The molecule has 5 nitrogen and oxygen atoms in total. The molecule has 0 N–H and O–H groups in total. The van der Waals surface area contributed by atoms with E-state index in [1.54, 1.807) is 11.7 Å². The Labute approximate surface area is 109 Å². The largest absolute Gasteiger partial charge is 0.313 e. The highest BCUT2D eigenvalue weighted by Crippen LogP contribution is 2.27. The summed E-state index contributed by atoms with van der Waals surface area (Å²) < 4.78 is 1.63. The summed E-state index contributed by atoms with van der Waals surface area (Å²) in [5, 5.41) is 15.3. The Balaban J connectivity index is 3.13. The maximum absolute atomic E-state index is 11.1. The van der Waals surface area contributed by atoms with Gasteiger partial charge >= 0.3 is 5.69 Å². The predicted octanol–water partition coefficient (Wildman–Crippen LogP) is 2.85. The first kappa shape index (κ1) is 14.2. The van der Waals surface area contributed by atoms with Crippen LogP contribution in [-0.4, -0.2) is 19.5 Å². The minimum atomic E-state index is -0.318. The summed E-state index contributed by atoms with van der Waals surface area (Å²) in [4.78, 5) is 11.0. The predicted molar refractivity (Wildman–Crippen MR) is 70.5 cm³/mol. The molecule has 0 amide bonds. The smallest absolute Gasteiger partial charge is 0.265 e. The minimum absolute atomic E-state index is 0.181. The van der Waals surface area contributed by atoms with Crippen LogP contribution in [0.4, 0.5) is 5.69 Å². The Bertz CT molecular complexity index is 415. The van der Waals surface area contributed by atoms with Gasteiger partial charge in [0.25, 0.3) is 0 Å². The van der Waals surface area contributed by atoms with Crippen LogP contribution in [0.2, 0.25) is 0 Å². The van der Waals surface area contributed by atoms with E-state index in [-0.39, 0.29) is 15.4 Å². The zero-order valence-corrected chi connectivity index (χ0v) is 12.2. The van der Waals surface area contributed by atoms with E-state index in [0.29, 0.717) is 30.1 Å². The second-order valence-corrected chi connectivity index (χ2v) is 5.62. The highest BCUT2D eigenvalue weighted by molar-refractivity contribution is 9.09. The first-order valence-electron chi connectivity index (χ1n) is 5.71. The second kappa shape index (κ2) is 5.62. The highest BCUT2D eigenvalue weighted by atomic mass is 79.9. The number of aromatic nitrogens is 2. The van der Waals surface area contributed by atoms with Crippen molar-refractivity contribution < 1.29 is 4.92 Å². The van der Waals surface area contributed by atoms with Gasteiger partial charge < -0.3 is 0 Å². The highest BCUT2D eigenvalue weighted by Gasteiger charge is 2.27. The molecular formula is C11H18BrN3O2. The number of rotatable bonds is 5.